The summed E-state index contributed by atoms with van der Waals surface area (Å²) < 4.78 is 6.35. The minimum atomic E-state index is 0.512. The molecule has 0 heterocycles. The van der Waals surface area contributed by atoms with Gasteiger partial charge in [0, 0.05) is 0 Å². The number of rotatable bonds is 1. The van der Waals surface area contributed by atoms with E-state index in [1.165, 1.54) is 7.07 Å². The van der Waals surface area contributed by atoms with Gasteiger partial charge >= 0.3 is 50.7 Å². The van der Waals surface area contributed by atoms with Crippen LogP contribution in [0.4, 0.5) is 0 Å². The Morgan fingerprint density at radius 3 is 3.25 bits per heavy atom. The van der Waals surface area contributed by atoms with Gasteiger partial charge in [-0.25, -0.2) is 0 Å². The van der Waals surface area contributed by atoms with E-state index in [-0.39, 0.29) is 0 Å². The van der Waals surface area contributed by atoms with Gasteiger partial charge in [-0.05, 0) is 0 Å². The van der Waals surface area contributed by atoms with Crippen LogP contribution < -0.4 is 0 Å². The zero-order valence-corrected chi connectivity index (χ0v) is 4.73. The molecule has 0 saturated heterocycles. The third kappa shape index (κ3) is 4.98. The molecule has 0 spiro atoms. The van der Waals surface area contributed by atoms with Crippen LogP contribution >= 0.6 is 0 Å². The van der Waals surface area contributed by atoms with Crippen LogP contribution in [0.1, 0.15) is 6.92 Å². The van der Waals surface area contributed by atoms with Crippen LogP contribution in [-0.4, -0.2) is 7.07 Å². The number of hydrogen-bond donors (Lipinski definition) is 1. The molecule has 0 fully saturated rings. The van der Waals surface area contributed by atoms with Crippen LogP contribution in [0.2, 0.25) is 7.73 Å². The van der Waals surface area contributed by atoms with E-state index in [0.29, 0.717) is 6.32 Å². The summed E-state index contributed by atoms with van der Waals surface area (Å²) in [6.07, 6.45) is 0.512. The molecule has 0 unspecified atom stereocenters. The van der Waals surface area contributed by atoms with E-state index < -0.39 is 0 Å². The summed E-state index contributed by atoms with van der Waals surface area (Å²) in [5.41, 5.74) is 0. The van der Waals surface area contributed by atoms with Crippen molar-refractivity contribution in [3.05, 3.63) is 0 Å². The predicted molar refractivity (Wildman–Crippen MR) is 34.5 cm³/mol. The van der Waals surface area contributed by atoms with Crippen LogP contribution in [0.3, 0.4) is 0 Å². The first-order valence-corrected chi connectivity index (χ1v) is 2.27. The van der Waals surface area contributed by atoms with Crippen molar-refractivity contribution < 1.29 is 1.41 Å². The van der Waals surface area contributed by atoms with Crippen LogP contribution in [0, 0.1) is 29.0 Å². The maximum atomic E-state index is 6.35. The fraction of sp³-hybridized carbons (Fsp3) is 0.333. The van der Waals surface area contributed by atoms with Crippen molar-refractivity contribution in [2.75, 3.05) is 0 Å². The Kier molecular flexibility index (Phi) is 3.84. The molecule has 8 heavy (non-hydrogen) atoms. The molecule has 0 amide bonds. The van der Waals surface area contributed by atoms with Gasteiger partial charge in [0.2, 0.25) is 0 Å². The Bertz CT molecular complexity index is 201. The number of hydrogen-bond acceptors (Lipinski definition) is 1. The van der Waals surface area contributed by atoms with Gasteiger partial charge in [0.15, 0.2) is 0 Å². The summed E-state index contributed by atoms with van der Waals surface area (Å²) in [5, 5.41) is 3.01. The van der Waals surface area contributed by atoms with Gasteiger partial charge in [0.05, 0.1) is 0 Å². The zero-order chi connectivity index (χ0) is 6.95. The molecule has 0 aromatic rings. The molecule has 1 N–H and O–H groups in total. The van der Waals surface area contributed by atoms with Crippen molar-refractivity contribution in [1.82, 2.24) is 0 Å². The molecule has 0 radical (unpaired) electrons. The van der Waals surface area contributed by atoms with Crippen molar-refractivity contribution in [3.63, 3.8) is 0 Å². The molecular formula is C6H6BN. The fourth-order valence-electron chi connectivity index (χ4n) is 0.203. The molecule has 0 aromatic carbocycles. The first kappa shape index (κ1) is 5.13. The topological polar surface area (TPSA) is 23.9 Å². The van der Waals surface area contributed by atoms with Crippen LogP contribution in [0.5, 0.6) is 0 Å². The van der Waals surface area contributed by atoms with E-state index in [1.807, 2.05) is 0 Å². The summed E-state index contributed by atoms with van der Waals surface area (Å²) in [6, 6.07) is 0. The molecule has 0 saturated carbocycles. The molecule has 0 aromatic heterocycles. The van der Waals surface area contributed by atoms with E-state index in [9.17, 15) is 0 Å². The fourth-order valence-corrected chi connectivity index (χ4v) is 0.203. The van der Waals surface area contributed by atoms with Crippen LogP contribution in [-0.2, 0) is 0 Å². The van der Waals surface area contributed by atoms with Gasteiger partial charge < -0.3 is 0 Å². The molecule has 2 heteroatoms. The monoisotopic (exact) mass is 104 g/mol. The molecule has 0 rings (SSSR count). The van der Waals surface area contributed by atoms with Crippen molar-refractivity contribution in [1.29, 1.82) is 5.31 Å². The first-order valence-electron chi connectivity index (χ1n) is 2.72. The van der Waals surface area contributed by atoms with E-state index >= 15 is 0 Å². The maximum absolute atomic E-state index is 6.35. The zero-order valence-electron chi connectivity index (χ0n) is 5.73. The Morgan fingerprint density at radius 1 is 1.75 bits per heavy atom. The second-order valence-electron chi connectivity index (χ2n) is 1.06. The Hall–Kier alpha value is -1.02. The molecule has 0 aliphatic carbocycles. The van der Waals surface area contributed by atoms with Gasteiger partial charge in [-0.15, -0.1) is 0 Å². The van der Waals surface area contributed by atoms with E-state index in [0.717, 1.165) is 0 Å². The standard InChI is InChI=1S/C6H6BN/c1-2-3-4-5-6-7-8/h8H,6H2,1H3/i8D. The summed E-state index contributed by atoms with van der Waals surface area (Å²) in [4.78, 5) is 0. The third-order valence-corrected chi connectivity index (χ3v) is 0.469. The molecular weight excluding hydrogens is 96.9 g/mol. The minimum absolute atomic E-state index is 0.512. The van der Waals surface area contributed by atoms with Crippen molar-refractivity contribution in [3.8, 4) is 23.7 Å². The van der Waals surface area contributed by atoms with E-state index in [1.54, 1.807) is 6.92 Å². The Labute approximate surface area is 51.7 Å². The van der Waals surface area contributed by atoms with Crippen molar-refractivity contribution in [2.45, 2.75) is 13.2 Å². The molecule has 0 bridgehead atoms. The summed E-state index contributed by atoms with van der Waals surface area (Å²) >= 11 is 0. The van der Waals surface area contributed by atoms with Gasteiger partial charge in [-0.3, -0.25) is 0 Å². The van der Waals surface area contributed by atoms with Gasteiger partial charge in [-0.1, -0.05) is 0 Å². The summed E-state index contributed by atoms with van der Waals surface area (Å²) in [6.45, 7) is 1.73. The quantitative estimate of drug-likeness (QED) is 0.377. The SMILES string of the molecule is [2H]/N=B/CC#CC#CC. The second kappa shape index (κ2) is 5.98. The van der Waals surface area contributed by atoms with Crippen molar-refractivity contribution >= 4 is 7.07 Å². The average Bonchev–Trinajstić information content (AvgIpc) is 1.89. The van der Waals surface area contributed by atoms with Crippen LogP contribution in [0.15, 0.2) is 0 Å². The van der Waals surface area contributed by atoms with Crippen LogP contribution in [0.25, 0.3) is 0 Å². The van der Waals surface area contributed by atoms with Crippen molar-refractivity contribution in [2.24, 2.45) is 0 Å². The molecule has 0 atom stereocenters. The molecule has 0 aliphatic heterocycles. The van der Waals surface area contributed by atoms with E-state index in [2.05, 4.69) is 29.0 Å². The Morgan fingerprint density at radius 2 is 2.62 bits per heavy atom. The molecule has 1 nitrogen and oxygen atoms in total. The summed E-state index contributed by atoms with van der Waals surface area (Å²) in [5.74, 6) is 10.5. The first-order chi connectivity index (χ1) is 4.41. The van der Waals surface area contributed by atoms with E-state index in [4.69, 9.17) is 1.41 Å². The molecule has 0 aliphatic rings. The van der Waals surface area contributed by atoms with Gasteiger partial charge in [0.25, 0.3) is 0 Å². The average molecular weight is 104 g/mol. The summed E-state index contributed by atoms with van der Waals surface area (Å²) in [7, 11) is 1.42. The molecule has 38 valence electrons. The second-order valence-corrected chi connectivity index (χ2v) is 1.06. The number of nitrogens with one attached hydrogen (secondary N) is 1. The predicted octanol–water partition coefficient (Wildman–Crippen LogP) is 0.898. The third-order valence-electron chi connectivity index (χ3n) is 0.469. The normalized spacial score (nSPS) is 7.38. The van der Waals surface area contributed by atoms with Gasteiger partial charge in [0.1, 0.15) is 0 Å². The Balaban J connectivity index is 3.46. The van der Waals surface area contributed by atoms with Gasteiger partial charge in [-0.2, -0.15) is 0 Å².